The number of nitrogens with zero attached hydrogens (tertiary/aromatic N) is 1. The van der Waals surface area contributed by atoms with Crippen LogP contribution in [0.4, 0.5) is 0 Å². The molecule has 2 heterocycles. The van der Waals surface area contributed by atoms with Gasteiger partial charge in [0.25, 0.3) is 0 Å². The predicted octanol–water partition coefficient (Wildman–Crippen LogP) is 1.01. The summed E-state index contributed by atoms with van der Waals surface area (Å²) in [5.41, 5.74) is 0.0851. The fourth-order valence-electron chi connectivity index (χ4n) is 1.83. The van der Waals surface area contributed by atoms with Gasteiger partial charge in [0.15, 0.2) is 12.6 Å². The van der Waals surface area contributed by atoms with Crippen LogP contribution in [0.3, 0.4) is 0 Å². The van der Waals surface area contributed by atoms with Crippen LogP contribution in [0.15, 0.2) is 12.3 Å². The molecule has 1 aliphatic rings. The molecule has 0 bridgehead atoms. The number of hydrogen-bond acceptors (Lipinski definition) is 5. The van der Waals surface area contributed by atoms with Crippen LogP contribution in [0.5, 0.6) is 0 Å². The zero-order valence-electron chi connectivity index (χ0n) is 11.5. The highest BCUT2D eigenvalue weighted by molar-refractivity contribution is 6.63. The van der Waals surface area contributed by atoms with Gasteiger partial charge in [-0.1, -0.05) is 0 Å². The van der Waals surface area contributed by atoms with Crippen molar-refractivity contribution in [3.8, 4) is 0 Å². The maximum atomic E-state index is 11.0. The molecule has 1 aromatic rings. The van der Waals surface area contributed by atoms with Gasteiger partial charge in [0.2, 0.25) is 0 Å². The van der Waals surface area contributed by atoms with Crippen LogP contribution in [0.25, 0.3) is 0 Å². The molecule has 0 aliphatic carbocycles. The van der Waals surface area contributed by atoms with E-state index in [1.165, 1.54) is 6.20 Å². The number of hydrogen-bond donors (Lipinski definition) is 0. The summed E-state index contributed by atoms with van der Waals surface area (Å²) in [6.07, 6.45) is 2.66. The van der Waals surface area contributed by atoms with Crippen LogP contribution in [-0.2, 0) is 9.31 Å². The molecule has 6 heteroatoms. The van der Waals surface area contributed by atoms with E-state index in [4.69, 9.17) is 9.31 Å². The summed E-state index contributed by atoms with van der Waals surface area (Å²) >= 11 is 0. The minimum absolute atomic E-state index is 0.226. The monoisotopic (exact) mass is 261 g/mol. The van der Waals surface area contributed by atoms with Crippen molar-refractivity contribution in [1.82, 2.24) is 4.98 Å². The van der Waals surface area contributed by atoms with Crippen LogP contribution in [0.1, 0.15) is 48.5 Å². The van der Waals surface area contributed by atoms with Crippen molar-refractivity contribution in [1.29, 1.82) is 0 Å². The first-order valence-electron chi connectivity index (χ1n) is 6.06. The second kappa shape index (κ2) is 4.54. The maximum Gasteiger partial charge on any atom is 0.497 e. The Bertz CT molecular complexity index is 511. The third kappa shape index (κ3) is 2.33. The minimum atomic E-state index is -0.697. The fourth-order valence-corrected chi connectivity index (χ4v) is 1.83. The molecule has 0 amide bonds. The molecule has 1 aliphatic heterocycles. The summed E-state index contributed by atoms with van der Waals surface area (Å²) < 4.78 is 11.7. The Labute approximate surface area is 112 Å². The van der Waals surface area contributed by atoms with Crippen molar-refractivity contribution in [3.05, 3.63) is 23.5 Å². The predicted molar refractivity (Wildman–Crippen MR) is 70.7 cm³/mol. The molecule has 0 radical (unpaired) electrons. The number of carbonyl (C=O) groups excluding carboxylic acids is 2. The number of carbonyl (C=O) groups is 2. The molecule has 0 N–H and O–H groups in total. The van der Waals surface area contributed by atoms with Crippen molar-refractivity contribution in [2.75, 3.05) is 0 Å². The Morgan fingerprint density at radius 2 is 1.68 bits per heavy atom. The smallest absolute Gasteiger partial charge is 0.399 e. The molecule has 1 saturated heterocycles. The Balaban J connectivity index is 2.43. The van der Waals surface area contributed by atoms with Crippen molar-refractivity contribution >= 4 is 25.2 Å². The van der Waals surface area contributed by atoms with Crippen LogP contribution in [-0.4, -0.2) is 35.9 Å². The molecule has 0 spiro atoms. The fraction of sp³-hybridized carbons (Fsp3) is 0.462. The lowest BCUT2D eigenvalue weighted by atomic mass is 9.77. The molecule has 100 valence electrons. The van der Waals surface area contributed by atoms with Gasteiger partial charge in [-0.25, -0.2) is 0 Å². The van der Waals surface area contributed by atoms with E-state index in [0.29, 0.717) is 23.6 Å². The third-order valence-corrected chi connectivity index (χ3v) is 3.73. The number of pyridine rings is 1. The largest absolute Gasteiger partial charge is 0.497 e. The molecule has 2 rings (SSSR count). The Kier molecular flexibility index (Phi) is 3.32. The zero-order valence-corrected chi connectivity index (χ0v) is 11.5. The lowest BCUT2D eigenvalue weighted by molar-refractivity contribution is 0.00578. The van der Waals surface area contributed by atoms with Gasteiger partial charge in [-0.05, 0) is 33.8 Å². The zero-order chi connectivity index (χ0) is 14.3. The van der Waals surface area contributed by atoms with Gasteiger partial charge in [-0.3, -0.25) is 14.6 Å². The molecular formula is C13H16BNO4. The molecule has 0 unspecified atom stereocenters. The van der Waals surface area contributed by atoms with Crippen molar-refractivity contribution in [2.45, 2.75) is 38.9 Å². The van der Waals surface area contributed by atoms with E-state index in [0.717, 1.165) is 0 Å². The van der Waals surface area contributed by atoms with Crippen LogP contribution in [0, 0.1) is 0 Å². The Morgan fingerprint density at radius 3 is 2.16 bits per heavy atom. The second-order valence-corrected chi connectivity index (χ2v) is 5.57. The molecule has 5 nitrogen and oxygen atoms in total. The molecule has 1 aromatic heterocycles. The summed E-state index contributed by atoms with van der Waals surface area (Å²) in [6.45, 7) is 7.68. The van der Waals surface area contributed by atoms with Crippen molar-refractivity contribution < 1.29 is 18.9 Å². The lowest BCUT2D eigenvalue weighted by Crippen LogP contribution is -2.41. The normalized spacial score (nSPS) is 20.3. The standard InChI is InChI=1S/C13H16BNO4/c1-12(2)13(3,4)19-14(18-12)10-5-9(7-16)6-15-11(10)8-17/h5-8H,1-4H3. The minimum Gasteiger partial charge on any atom is -0.399 e. The highest BCUT2D eigenvalue weighted by atomic mass is 16.7. The average Bonchev–Trinajstić information content (AvgIpc) is 2.57. The molecule has 0 atom stereocenters. The summed E-state index contributed by atoms with van der Waals surface area (Å²) in [6, 6.07) is 1.58. The quantitative estimate of drug-likeness (QED) is 0.600. The van der Waals surface area contributed by atoms with Crippen LogP contribution >= 0.6 is 0 Å². The van der Waals surface area contributed by atoms with Gasteiger partial charge >= 0.3 is 7.12 Å². The van der Waals surface area contributed by atoms with Gasteiger partial charge in [-0.2, -0.15) is 0 Å². The molecular weight excluding hydrogens is 245 g/mol. The third-order valence-electron chi connectivity index (χ3n) is 3.73. The van der Waals surface area contributed by atoms with E-state index in [1.807, 2.05) is 27.7 Å². The first kappa shape index (κ1) is 13.9. The number of rotatable bonds is 3. The molecule has 0 saturated carbocycles. The summed E-state index contributed by atoms with van der Waals surface area (Å²) in [5.74, 6) is 0. The van der Waals surface area contributed by atoms with Gasteiger partial charge in [0, 0.05) is 17.2 Å². The van der Waals surface area contributed by atoms with Gasteiger partial charge in [0.1, 0.15) is 5.69 Å². The van der Waals surface area contributed by atoms with Crippen molar-refractivity contribution in [3.63, 3.8) is 0 Å². The summed E-state index contributed by atoms with van der Waals surface area (Å²) in [4.78, 5) is 25.8. The van der Waals surface area contributed by atoms with Gasteiger partial charge in [0.05, 0.1) is 11.2 Å². The van der Waals surface area contributed by atoms with E-state index < -0.39 is 18.3 Å². The second-order valence-electron chi connectivity index (χ2n) is 5.57. The summed E-state index contributed by atoms with van der Waals surface area (Å²) in [7, 11) is -0.697. The highest BCUT2D eigenvalue weighted by Crippen LogP contribution is 2.36. The van der Waals surface area contributed by atoms with Gasteiger partial charge in [-0.15, -0.1) is 0 Å². The average molecular weight is 261 g/mol. The highest BCUT2D eigenvalue weighted by Gasteiger charge is 2.52. The lowest BCUT2D eigenvalue weighted by Gasteiger charge is -2.32. The Hall–Kier alpha value is -1.53. The number of aldehydes is 2. The number of aromatic nitrogens is 1. The summed E-state index contributed by atoms with van der Waals surface area (Å²) in [5, 5.41) is 0. The van der Waals surface area contributed by atoms with Crippen LogP contribution in [0.2, 0.25) is 0 Å². The molecule has 1 fully saturated rings. The van der Waals surface area contributed by atoms with E-state index in [1.54, 1.807) is 6.07 Å². The van der Waals surface area contributed by atoms with Crippen LogP contribution < -0.4 is 5.46 Å². The first-order chi connectivity index (χ1) is 8.80. The van der Waals surface area contributed by atoms with E-state index in [-0.39, 0.29) is 5.69 Å². The van der Waals surface area contributed by atoms with E-state index >= 15 is 0 Å². The maximum absolute atomic E-state index is 11.0. The Morgan fingerprint density at radius 1 is 1.11 bits per heavy atom. The van der Waals surface area contributed by atoms with Crippen molar-refractivity contribution in [2.24, 2.45) is 0 Å². The van der Waals surface area contributed by atoms with E-state index in [2.05, 4.69) is 4.98 Å². The topological polar surface area (TPSA) is 65.5 Å². The molecule has 19 heavy (non-hydrogen) atoms. The van der Waals surface area contributed by atoms with Gasteiger partial charge < -0.3 is 9.31 Å². The SMILES string of the molecule is CC1(C)OB(c2cc(C=O)cnc2C=O)OC1(C)C. The van der Waals surface area contributed by atoms with E-state index in [9.17, 15) is 9.59 Å². The molecule has 0 aromatic carbocycles. The first-order valence-corrected chi connectivity index (χ1v) is 6.06.